The van der Waals surface area contributed by atoms with Crippen LogP contribution in [0, 0.1) is 6.92 Å². The van der Waals surface area contributed by atoms with Gasteiger partial charge in [0.25, 0.3) is 0 Å². The topological polar surface area (TPSA) is 116 Å². The summed E-state index contributed by atoms with van der Waals surface area (Å²) in [4.78, 5) is 39.0. The number of benzene rings is 2. The van der Waals surface area contributed by atoms with E-state index in [1.54, 1.807) is 25.4 Å². The van der Waals surface area contributed by atoms with Gasteiger partial charge in [-0.05, 0) is 66.3 Å². The van der Waals surface area contributed by atoms with Crippen molar-refractivity contribution in [1.29, 1.82) is 0 Å². The molecule has 0 fully saturated rings. The fraction of sp³-hybridized carbons (Fsp3) is 0.258. The maximum atomic E-state index is 13.1. The maximum absolute atomic E-state index is 13.1. The summed E-state index contributed by atoms with van der Waals surface area (Å²) in [5.74, 6) is -1.08. The van der Waals surface area contributed by atoms with Crippen LogP contribution in [0.25, 0.3) is 33.3 Å². The van der Waals surface area contributed by atoms with Crippen LogP contribution in [-0.2, 0) is 11.3 Å². The van der Waals surface area contributed by atoms with Crippen molar-refractivity contribution in [3.63, 3.8) is 0 Å². The van der Waals surface area contributed by atoms with Gasteiger partial charge in [-0.15, -0.1) is 0 Å². The van der Waals surface area contributed by atoms with Crippen LogP contribution in [-0.4, -0.2) is 50.8 Å². The first kappa shape index (κ1) is 26.8. The molecule has 3 aromatic heterocycles. The van der Waals surface area contributed by atoms with Gasteiger partial charge in [0, 0.05) is 17.1 Å². The molecule has 1 N–H and O–H groups in total. The molecule has 204 valence electrons. The second kappa shape index (κ2) is 10.8. The second-order valence-electron chi connectivity index (χ2n) is 9.75. The summed E-state index contributed by atoms with van der Waals surface area (Å²) in [6, 6.07) is 12.6. The highest BCUT2D eigenvalue weighted by atomic mass is 16.5. The molecule has 9 heteroatoms. The summed E-state index contributed by atoms with van der Waals surface area (Å²) in [5.41, 5.74) is 6.24. The molecule has 0 saturated carbocycles. The zero-order chi connectivity index (χ0) is 28.6. The summed E-state index contributed by atoms with van der Waals surface area (Å²) in [7, 11) is 2.75. The van der Waals surface area contributed by atoms with Crippen LogP contribution < -0.4 is 4.74 Å². The second-order valence-corrected chi connectivity index (χ2v) is 9.75. The highest BCUT2D eigenvalue weighted by molar-refractivity contribution is 6.07. The number of hydrogen-bond donors (Lipinski definition) is 1. The molecule has 0 aliphatic carbocycles. The smallest absolute Gasteiger partial charge is 0.339 e. The first-order chi connectivity index (χ1) is 19.3. The minimum atomic E-state index is -1.12. The van der Waals surface area contributed by atoms with Gasteiger partial charge in [-0.1, -0.05) is 26.0 Å². The number of pyridine rings is 2. The van der Waals surface area contributed by atoms with E-state index in [9.17, 15) is 14.7 Å². The van der Waals surface area contributed by atoms with Crippen molar-refractivity contribution in [2.24, 2.45) is 0 Å². The molecular weight excluding hydrogens is 508 g/mol. The Bertz CT molecular complexity index is 1780. The van der Waals surface area contributed by atoms with Gasteiger partial charge in [-0.25, -0.2) is 24.5 Å². The number of carbonyl (C=O) groups is 2. The Labute approximate surface area is 231 Å². The van der Waals surface area contributed by atoms with Crippen molar-refractivity contribution >= 4 is 34.0 Å². The van der Waals surface area contributed by atoms with E-state index in [2.05, 4.69) is 23.8 Å². The lowest BCUT2D eigenvalue weighted by Crippen LogP contribution is -2.09. The van der Waals surface area contributed by atoms with E-state index in [0.717, 1.165) is 23.1 Å². The molecule has 0 bridgehead atoms. The molecule has 1 atom stereocenters. The number of carboxylic acid groups (broad SMARTS) is 1. The molecule has 3 heterocycles. The number of nitrogens with zero attached hydrogens (tertiary/aromatic N) is 4. The maximum Gasteiger partial charge on any atom is 0.339 e. The average molecular weight is 539 g/mol. The van der Waals surface area contributed by atoms with Gasteiger partial charge in [0.2, 0.25) is 0 Å². The van der Waals surface area contributed by atoms with Gasteiger partial charge in [-0.3, -0.25) is 0 Å². The van der Waals surface area contributed by atoms with Crippen LogP contribution in [0.5, 0.6) is 5.75 Å². The van der Waals surface area contributed by atoms with Gasteiger partial charge in [0.15, 0.2) is 5.65 Å². The zero-order valence-corrected chi connectivity index (χ0v) is 23.1. The number of carbonyl (C=O) groups excluding carboxylic acids is 1. The fourth-order valence-electron chi connectivity index (χ4n) is 5.16. The third-order valence-electron chi connectivity index (χ3n) is 7.42. The Balaban J connectivity index is 1.65. The van der Waals surface area contributed by atoms with Crippen LogP contribution >= 0.6 is 0 Å². The number of ether oxygens (including phenoxy) is 2. The number of hydrogen-bond acceptors (Lipinski definition) is 7. The quantitative estimate of drug-likeness (QED) is 0.239. The number of aromatic carboxylic acids is 1. The molecule has 0 saturated heterocycles. The molecule has 9 nitrogen and oxygen atoms in total. The van der Waals surface area contributed by atoms with E-state index in [1.165, 1.54) is 25.8 Å². The number of methoxy groups -OCH3 is 2. The van der Waals surface area contributed by atoms with Crippen molar-refractivity contribution in [2.75, 3.05) is 14.2 Å². The Hall–Kier alpha value is -4.79. The van der Waals surface area contributed by atoms with E-state index in [1.807, 2.05) is 35.0 Å². The summed E-state index contributed by atoms with van der Waals surface area (Å²) in [5, 5.41) is 10.3. The molecule has 0 spiro atoms. The molecule has 2 aromatic carbocycles. The first-order valence-electron chi connectivity index (χ1n) is 13.0. The molecule has 40 heavy (non-hydrogen) atoms. The van der Waals surface area contributed by atoms with E-state index < -0.39 is 11.9 Å². The molecular formula is C31H30N4O5. The third kappa shape index (κ3) is 4.53. The summed E-state index contributed by atoms with van der Waals surface area (Å²) < 4.78 is 12.6. The Morgan fingerprint density at radius 3 is 2.60 bits per heavy atom. The van der Waals surface area contributed by atoms with Gasteiger partial charge in [0.05, 0.1) is 43.9 Å². The van der Waals surface area contributed by atoms with E-state index in [4.69, 9.17) is 14.5 Å². The lowest BCUT2D eigenvalue weighted by atomic mass is 9.95. The minimum absolute atomic E-state index is 0.00826. The predicted octanol–water partition coefficient (Wildman–Crippen LogP) is 6.01. The van der Waals surface area contributed by atoms with Crippen LogP contribution in [0.3, 0.4) is 0 Å². The molecule has 1 unspecified atom stereocenters. The number of para-hydroxylation sites is 1. The number of esters is 1. The zero-order valence-electron chi connectivity index (χ0n) is 23.1. The Morgan fingerprint density at radius 2 is 1.90 bits per heavy atom. The lowest BCUT2D eigenvalue weighted by Gasteiger charge is -2.17. The first-order valence-corrected chi connectivity index (χ1v) is 13.0. The number of carboxylic acids is 1. The lowest BCUT2D eigenvalue weighted by molar-refractivity contribution is 0.0601. The molecule has 5 rings (SSSR count). The predicted molar refractivity (Wildman–Crippen MR) is 152 cm³/mol. The third-order valence-corrected chi connectivity index (χ3v) is 7.42. The summed E-state index contributed by atoms with van der Waals surface area (Å²) >= 11 is 0. The van der Waals surface area contributed by atoms with E-state index in [-0.39, 0.29) is 11.3 Å². The minimum Gasteiger partial charge on any atom is -0.495 e. The van der Waals surface area contributed by atoms with Crippen LogP contribution in [0.1, 0.15) is 63.6 Å². The molecule has 0 aliphatic rings. The highest BCUT2D eigenvalue weighted by Crippen LogP contribution is 2.37. The van der Waals surface area contributed by atoms with E-state index in [0.29, 0.717) is 45.7 Å². The Morgan fingerprint density at radius 1 is 1.10 bits per heavy atom. The van der Waals surface area contributed by atoms with Crippen molar-refractivity contribution in [1.82, 2.24) is 19.5 Å². The summed E-state index contributed by atoms with van der Waals surface area (Å²) in [6.45, 7) is 6.61. The SMILES string of the molecule is CCC(C)c1ccnc2c1ncn2Cc1ccc2nc(-c3cccc(C(=O)O)c3OC)c(C)c(C(=O)OC)c2c1. The Kier molecular flexibility index (Phi) is 7.21. The average Bonchev–Trinajstić information content (AvgIpc) is 3.38. The molecule has 5 aromatic rings. The largest absolute Gasteiger partial charge is 0.495 e. The van der Waals surface area contributed by atoms with Gasteiger partial charge in [-0.2, -0.15) is 0 Å². The van der Waals surface area contributed by atoms with Gasteiger partial charge in [0.1, 0.15) is 16.8 Å². The molecule has 0 amide bonds. The van der Waals surface area contributed by atoms with Crippen molar-refractivity contribution < 1.29 is 24.2 Å². The number of rotatable bonds is 8. The fourth-order valence-corrected chi connectivity index (χ4v) is 5.16. The molecule has 0 aliphatic heterocycles. The van der Waals surface area contributed by atoms with Crippen LogP contribution in [0.2, 0.25) is 0 Å². The van der Waals surface area contributed by atoms with E-state index >= 15 is 0 Å². The van der Waals surface area contributed by atoms with Crippen molar-refractivity contribution in [2.45, 2.75) is 39.7 Å². The van der Waals surface area contributed by atoms with Gasteiger partial charge < -0.3 is 19.1 Å². The number of fused-ring (bicyclic) bond motifs is 2. The van der Waals surface area contributed by atoms with Crippen molar-refractivity contribution in [3.8, 4) is 17.0 Å². The standard InChI is InChI=1S/C31H30N4O5/c1-6-17(2)20-12-13-32-29-27(20)33-16-35(29)15-19-10-11-24-23(14-19)25(31(38)40-5)18(3)26(34-24)21-8-7-9-22(30(36)37)28(21)39-4/h7-14,16-17H,6,15H2,1-5H3,(H,36,37). The normalized spacial score (nSPS) is 12.0. The van der Waals surface area contributed by atoms with Gasteiger partial charge >= 0.3 is 11.9 Å². The number of imidazole rings is 1. The summed E-state index contributed by atoms with van der Waals surface area (Å²) in [6.07, 6.45) is 4.62. The molecule has 0 radical (unpaired) electrons. The number of aromatic nitrogens is 4. The van der Waals surface area contributed by atoms with Crippen LogP contribution in [0.4, 0.5) is 0 Å². The van der Waals surface area contributed by atoms with Crippen LogP contribution in [0.15, 0.2) is 55.0 Å². The monoisotopic (exact) mass is 538 g/mol. The van der Waals surface area contributed by atoms with Crippen molar-refractivity contribution in [3.05, 3.63) is 82.8 Å². The highest BCUT2D eigenvalue weighted by Gasteiger charge is 2.24.